The predicted molar refractivity (Wildman–Crippen MR) is 149 cm³/mol. The first-order chi connectivity index (χ1) is 19.4. The molecule has 3 aromatic carbocycles. The number of imide groups is 1. The third-order valence-corrected chi connectivity index (χ3v) is 8.66. The lowest BCUT2D eigenvalue weighted by molar-refractivity contribution is -0.160. The number of para-hydroxylation sites is 1. The second-order valence-corrected chi connectivity index (χ2v) is 10.9. The first-order valence-electron chi connectivity index (χ1n) is 14.0. The number of benzene rings is 3. The highest BCUT2D eigenvalue weighted by Gasteiger charge is 2.63. The number of carbonyl (C=O) groups excluding carboxylic acids is 4. The fourth-order valence-corrected chi connectivity index (χ4v) is 6.89. The lowest BCUT2D eigenvalue weighted by atomic mass is 9.55. The van der Waals surface area contributed by atoms with Crippen LogP contribution >= 0.6 is 0 Å². The summed E-state index contributed by atoms with van der Waals surface area (Å²) in [5, 5.41) is 2.75. The van der Waals surface area contributed by atoms with E-state index in [2.05, 4.69) is 29.6 Å². The minimum Gasteiger partial charge on any atom is -0.454 e. The minimum absolute atomic E-state index is 0.244. The maximum absolute atomic E-state index is 14.1. The zero-order valence-corrected chi connectivity index (χ0v) is 22.6. The molecule has 1 heterocycles. The number of rotatable bonds is 8. The Balaban J connectivity index is 1.27. The number of unbranched alkanes of at least 4 members (excludes halogenated alkanes) is 1. The molecule has 4 aliphatic rings. The summed E-state index contributed by atoms with van der Waals surface area (Å²) in [7, 11) is 0. The van der Waals surface area contributed by atoms with Gasteiger partial charge in [0.2, 0.25) is 11.8 Å². The van der Waals surface area contributed by atoms with Crippen molar-refractivity contribution in [2.24, 2.45) is 11.8 Å². The molecule has 1 aliphatic heterocycles. The Hall–Kier alpha value is -4.26. The fraction of sp³-hybridized carbons (Fsp3) is 0.333. The number of likely N-dealkylation sites (tertiary alicyclic amines) is 1. The van der Waals surface area contributed by atoms with Crippen LogP contribution in [0.25, 0.3) is 0 Å². The molecule has 2 bridgehead atoms. The van der Waals surface area contributed by atoms with E-state index in [1.165, 1.54) is 4.90 Å². The summed E-state index contributed by atoms with van der Waals surface area (Å²) in [4.78, 5) is 55.4. The van der Waals surface area contributed by atoms with Crippen LogP contribution < -0.4 is 5.32 Å². The Morgan fingerprint density at radius 1 is 0.825 bits per heavy atom. The number of amides is 3. The number of esters is 1. The third-order valence-electron chi connectivity index (χ3n) is 8.66. The Bertz CT molecular complexity index is 1400. The average molecular weight is 537 g/mol. The fourth-order valence-electron chi connectivity index (χ4n) is 6.89. The van der Waals surface area contributed by atoms with E-state index >= 15 is 0 Å². The Morgan fingerprint density at radius 3 is 1.82 bits per heavy atom. The minimum atomic E-state index is -1.07. The van der Waals surface area contributed by atoms with E-state index in [9.17, 15) is 19.2 Å². The monoisotopic (exact) mass is 536 g/mol. The molecule has 1 N–H and O–H groups in total. The summed E-state index contributed by atoms with van der Waals surface area (Å²) in [5.41, 5.74) is 5.84. The number of nitrogens with zero attached hydrogens (tertiary/aromatic N) is 1. The number of hydrogen-bond donors (Lipinski definition) is 1. The Labute approximate surface area is 233 Å². The van der Waals surface area contributed by atoms with Crippen molar-refractivity contribution in [2.45, 2.75) is 51.0 Å². The van der Waals surface area contributed by atoms with Gasteiger partial charge in [0.25, 0.3) is 5.91 Å². The summed E-state index contributed by atoms with van der Waals surface area (Å²) < 4.78 is 5.43. The quantitative estimate of drug-likeness (QED) is 0.326. The molecule has 7 nitrogen and oxygen atoms in total. The molecule has 3 aromatic rings. The predicted octanol–water partition coefficient (Wildman–Crippen LogP) is 4.93. The van der Waals surface area contributed by atoms with Gasteiger partial charge in [0.05, 0.1) is 11.8 Å². The van der Waals surface area contributed by atoms with E-state index in [0.29, 0.717) is 18.5 Å². The number of ether oxygens (including phenoxy) is 1. The van der Waals surface area contributed by atoms with Crippen LogP contribution in [-0.2, 0) is 23.9 Å². The standard InChI is InChI=1S/C33H32N2O5/c1-3-4-17-25(33(39)40-18-26(36)34-24-16-10-5-11-19(24)2)35-31(37)29-27-20-12-6-7-13-21(20)28(30(29)32(35)38)23-15-9-8-14-22(23)27/h5-16,25,27-30H,3-4,17-18H2,1-2H3,(H,34,36)/t25-,27?,28?,29-,30+/m1/s1. The van der Waals surface area contributed by atoms with Gasteiger partial charge in [-0.25, -0.2) is 4.79 Å². The molecule has 0 radical (unpaired) electrons. The highest BCUT2D eigenvalue weighted by atomic mass is 16.5. The molecule has 0 aromatic heterocycles. The highest BCUT2D eigenvalue weighted by molar-refractivity contribution is 6.10. The lowest BCUT2D eigenvalue weighted by Gasteiger charge is -2.45. The van der Waals surface area contributed by atoms with Crippen molar-refractivity contribution in [2.75, 3.05) is 11.9 Å². The first kappa shape index (κ1) is 26.0. The van der Waals surface area contributed by atoms with E-state index in [1.54, 1.807) is 6.07 Å². The second-order valence-electron chi connectivity index (χ2n) is 10.9. The van der Waals surface area contributed by atoms with Gasteiger partial charge in [-0.15, -0.1) is 0 Å². The van der Waals surface area contributed by atoms with Crippen molar-refractivity contribution in [3.05, 3.63) is 101 Å². The van der Waals surface area contributed by atoms with E-state index in [0.717, 1.165) is 34.2 Å². The number of nitrogens with one attached hydrogen (secondary N) is 1. The van der Waals surface area contributed by atoms with Crippen molar-refractivity contribution < 1.29 is 23.9 Å². The smallest absolute Gasteiger partial charge is 0.329 e. The normalized spacial score (nSPS) is 22.8. The molecule has 3 amide bonds. The maximum atomic E-state index is 14.1. The summed E-state index contributed by atoms with van der Waals surface area (Å²) >= 11 is 0. The molecule has 0 spiro atoms. The summed E-state index contributed by atoms with van der Waals surface area (Å²) in [6.07, 6.45) is 1.71. The van der Waals surface area contributed by atoms with Crippen LogP contribution in [-0.4, -0.2) is 41.2 Å². The number of anilines is 1. The first-order valence-corrected chi connectivity index (χ1v) is 14.0. The van der Waals surface area contributed by atoms with Crippen LogP contribution in [0.1, 0.15) is 65.8 Å². The van der Waals surface area contributed by atoms with Gasteiger partial charge < -0.3 is 10.1 Å². The SMILES string of the molecule is CCCC[C@H](C(=O)OCC(=O)Nc1ccccc1C)N1C(=O)[C@@H]2C3c4ccccc4C(c4ccccc43)[C@@H]2C1=O. The number of hydrogen-bond acceptors (Lipinski definition) is 5. The van der Waals surface area contributed by atoms with Gasteiger partial charge in [-0.1, -0.05) is 86.5 Å². The van der Waals surface area contributed by atoms with E-state index < -0.39 is 36.4 Å². The summed E-state index contributed by atoms with van der Waals surface area (Å²) in [6.45, 7) is 3.36. The molecule has 7 rings (SSSR count). The van der Waals surface area contributed by atoms with Gasteiger partial charge in [0, 0.05) is 17.5 Å². The summed E-state index contributed by atoms with van der Waals surface area (Å²) in [5.74, 6) is -3.47. The van der Waals surface area contributed by atoms with Crippen LogP contribution in [0.15, 0.2) is 72.8 Å². The van der Waals surface area contributed by atoms with Crippen molar-refractivity contribution >= 4 is 29.4 Å². The van der Waals surface area contributed by atoms with Crippen molar-refractivity contribution in [1.29, 1.82) is 0 Å². The lowest BCUT2D eigenvalue weighted by Crippen LogP contribution is -2.47. The molecular formula is C33H32N2O5. The topological polar surface area (TPSA) is 92.8 Å². The molecule has 7 heteroatoms. The molecular weight excluding hydrogens is 504 g/mol. The van der Waals surface area contributed by atoms with E-state index in [-0.39, 0.29) is 23.7 Å². The van der Waals surface area contributed by atoms with Crippen LogP contribution in [0, 0.1) is 18.8 Å². The largest absolute Gasteiger partial charge is 0.454 e. The van der Waals surface area contributed by atoms with Crippen LogP contribution in [0.2, 0.25) is 0 Å². The van der Waals surface area contributed by atoms with Crippen molar-refractivity contribution in [3.8, 4) is 0 Å². The molecule has 1 fully saturated rings. The molecule has 3 aliphatic carbocycles. The van der Waals surface area contributed by atoms with Crippen LogP contribution in [0.5, 0.6) is 0 Å². The van der Waals surface area contributed by atoms with Gasteiger partial charge in [-0.3, -0.25) is 19.3 Å². The van der Waals surface area contributed by atoms with E-state index in [1.807, 2.05) is 56.3 Å². The number of aryl methyl sites for hydroxylation is 1. The molecule has 0 unspecified atom stereocenters. The summed E-state index contributed by atoms with van der Waals surface area (Å²) in [6, 6.07) is 22.3. The molecule has 0 saturated carbocycles. The van der Waals surface area contributed by atoms with Crippen molar-refractivity contribution in [1.82, 2.24) is 4.90 Å². The third kappa shape index (κ3) is 4.12. The Kier molecular flexibility index (Phi) is 6.74. The highest BCUT2D eigenvalue weighted by Crippen LogP contribution is 2.61. The van der Waals surface area contributed by atoms with Gasteiger partial charge in [0.1, 0.15) is 6.04 Å². The zero-order chi connectivity index (χ0) is 28.0. The van der Waals surface area contributed by atoms with Crippen LogP contribution in [0.3, 0.4) is 0 Å². The molecule has 40 heavy (non-hydrogen) atoms. The number of carbonyl (C=O) groups is 4. The average Bonchev–Trinajstić information content (AvgIpc) is 3.23. The molecule has 1 saturated heterocycles. The maximum Gasteiger partial charge on any atom is 0.329 e. The van der Waals surface area contributed by atoms with Gasteiger partial charge in [-0.2, -0.15) is 0 Å². The Morgan fingerprint density at radius 2 is 1.32 bits per heavy atom. The van der Waals surface area contributed by atoms with Crippen molar-refractivity contribution in [3.63, 3.8) is 0 Å². The second kappa shape index (κ2) is 10.4. The van der Waals surface area contributed by atoms with Crippen LogP contribution in [0.4, 0.5) is 5.69 Å². The van der Waals surface area contributed by atoms with Gasteiger partial charge >= 0.3 is 5.97 Å². The molecule has 3 atom stereocenters. The van der Waals surface area contributed by atoms with Gasteiger partial charge in [0.15, 0.2) is 6.61 Å². The molecule has 204 valence electrons. The van der Waals surface area contributed by atoms with E-state index in [4.69, 9.17) is 4.74 Å². The zero-order valence-electron chi connectivity index (χ0n) is 22.6. The van der Waals surface area contributed by atoms with Gasteiger partial charge in [-0.05, 0) is 47.2 Å².